The zero-order valence-electron chi connectivity index (χ0n) is 16.1. The molecule has 0 aliphatic rings. The lowest BCUT2D eigenvalue weighted by Gasteiger charge is -2.25. The number of halogens is 1. The van der Waals surface area contributed by atoms with E-state index in [4.69, 9.17) is 4.74 Å². The highest BCUT2D eigenvalue weighted by Crippen LogP contribution is 2.29. The summed E-state index contributed by atoms with van der Waals surface area (Å²) in [6, 6.07) is 12.9. The standard InChI is InChI=1S/C21H23FN4O2/c1-25-12-11-23-20(25)19(17-9-4-5-10-18(17)28-3)24-21(27)26(2)14-15-7-6-8-16(22)13-15/h4-13,19H,14H2,1-3H3,(H,24,27). The van der Waals surface area contributed by atoms with Gasteiger partial charge < -0.3 is 19.5 Å². The molecule has 3 aromatic rings. The molecule has 1 aromatic heterocycles. The molecule has 6 nitrogen and oxygen atoms in total. The van der Waals surface area contributed by atoms with Crippen molar-refractivity contribution < 1.29 is 13.9 Å². The number of amides is 2. The van der Waals surface area contributed by atoms with Crippen molar-refractivity contribution in [3.05, 3.63) is 83.7 Å². The second-order valence-corrected chi connectivity index (χ2v) is 6.51. The molecule has 2 aromatic carbocycles. The number of benzene rings is 2. The van der Waals surface area contributed by atoms with Crippen LogP contribution in [0.4, 0.5) is 9.18 Å². The van der Waals surface area contributed by atoms with Crippen LogP contribution < -0.4 is 10.1 Å². The molecule has 1 heterocycles. The lowest BCUT2D eigenvalue weighted by atomic mass is 10.0. The Morgan fingerprint density at radius 2 is 2.07 bits per heavy atom. The molecule has 3 rings (SSSR count). The Hall–Kier alpha value is -3.35. The van der Waals surface area contributed by atoms with Crippen LogP contribution in [-0.2, 0) is 13.6 Å². The van der Waals surface area contributed by atoms with Gasteiger partial charge in [-0.15, -0.1) is 0 Å². The van der Waals surface area contributed by atoms with E-state index in [0.29, 0.717) is 17.1 Å². The number of hydrogen-bond donors (Lipinski definition) is 1. The fourth-order valence-corrected chi connectivity index (χ4v) is 3.06. The number of urea groups is 1. The van der Waals surface area contributed by atoms with Crippen molar-refractivity contribution in [2.45, 2.75) is 12.6 Å². The first-order valence-corrected chi connectivity index (χ1v) is 8.85. The monoisotopic (exact) mass is 382 g/mol. The quantitative estimate of drug-likeness (QED) is 0.710. The van der Waals surface area contributed by atoms with Crippen LogP contribution in [0.3, 0.4) is 0 Å². The number of carbonyl (C=O) groups is 1. The predicted molar refractivity (Wildman–Crippen MR) is 104 cm³/mol. The van der Waals surface area contributed by atoms with Crippen LogP contribution in [0.15, 0.2) is 60.9 Å². The van der Waals surface area contributed by atoms with Gasteiger partial charge >= 0.3 is 6.03 Å². The minimum absolute atomic E-state index is 0.281. The highest BCUT2D eigenvalue weighted by molar-refractivity contribution is 5.75. The number of nitrogens with one attached hydrogen (secondary N) is 1. The summed E-state index contributed by atoms with van der Waals surface area (Å²) in [7, 11) is 5.12. The Kier molecular flexibility index (Phi) is 5.93. The molecule has 0 aliphatic carbocycles. The summed E-state index contributed by atoms with van der Waals surface area (Å²) >= 11 is 0. The van der Waals surface area contributed by atoms with Gasteiger partial charge in [0.1, 0.15) is 23.4 Å². The van der Waals surface area contributed by atoms with Gasteiger partial charge in [0.25, 0.3) is 0 Å². The molecule has 28 heavy (non-hydrogen) atoms. The van der Waals surface area contributed by atoms with E-state index in [9.17, 15) is 9.18 Å². The van der Waals surface area contributed by atoms with Crippen molar-refractivity contribution in [2.75, 3.05) is 14.2 Å². The smallest absolute Gasteiger partial charge is 0.318 e. The van der Waals surface area contributed by atoms with Crippen molar-refractivity contribution in [1.82, 2.24) is 19.8 Å². The summed E-state index contributed by atoms with van der Waals surface area (Å²) < 4.78 is 20.7. The van der Waals surface area contributed by atoms with Gasteiger partial charge in [-0.25, -0.2) is 14.2 Å². The van der Waals surface area contributed by atoms with E-state index in [1.54, 1.807) is 32.5 Å². The molecule has 0 radical (unpaired) electrons. The number of rotatable bonds is 6. The lowest BCUT2D eigenvalue weighted by molar-refractivity contribution is 0.203. The molecule has 146 valence electrons. The summed E-state index contributed by atoms with van der Waals surface area (Å²) in [4.78, 5) is 18.8. The second-order valence-electron chi connectivity index (χ2n) is 6.51. The van der Waals surface area contributed by atoms with Crippen LogP contribution in [0.2, 0.25) is 0 Å². The van der Waals surface area contributed by atoms with Crippen molar-refractivity contribution in [2.24, 2.45) is 7.05 Å². The minimum atomic E-state index is -0.501. The van der Waals surface area contributed by atoms with E-state index in [1.807, 2.05) is 42.1 Å². The predicted octanol–water partition coefficient (Wildman–Crippen LogP) is 3.50. The van der Waals surface area contributed by atoms with Crippen LogP contribution in [0, 0.1) is 5.82 Å². The van der Waals surface area contributed by atoms with Gasteiger partial charge in [0, 0.05) is 38.6 Å². The topological polar surface area (TPSA) is 59.4 Å². The van der Waals surface area contributed by atoms with Gasteiger partial charge in [-0.2, -0.15) is 0 Å². The van der Waals surface area contributed by atoms with Crippen molar-refractivity contribution in [3.63, 3.8) is 0 Å². The zero-order chi connectivity index (χ0) is 20.1. The molecule has 0 fully saturated rings. The summed E-state index contributed by atoms with van der Waals surface area (Å²) in [5.74, 6) is 1.01. The number of methoxy groups -OCH3 is 1. The molecule has 7 heteroatoms. The van der Waals surface area contributed by atoms with Crippen LogP contribution in [0.1, 0.15) is 23.0 Å². The first-order chi connectivity index (χ1) is 13.5. The summed E-state index contributed by atoms with van der Waals surface area (Å²) in [6.07, 6.45) is 3.50. The second kappa shape index (κ2) is 8.56. The number of carbonyl (C=O) groups excluding carboxylic acids is 1. The summed E-state index contributed by atoms with van der Waals surface area (Å²) in [5, 5.41) is 3.02. The Morgan fingerprint density at radius 3 is 2.75 bits per heavy atom. The van der Waals surface area contributed by atoms with Crippen LogP contribution >= 0.6 is 0 Å². The normalized spacial score (nSPS) is 11.7. The highest BCUT2D eigenvalue weighted by Gasteiger charge is 2.25. The third-order valence-electron chi connectivity index (χ3n) is 4.49. The van der Waals surface area contributed by atoms with Gasteiger partial charge in [0.2, 0.25) is 0 Å². The largest absolute Gasteiger partial charge is 0.496 e. The third kappa shape index (κ3) is 4.31. The van der Waals surface area contributed by atoms with Gasteiger partial charge in [0.15, 0.2) is 0 Å². The van der Waals surface area contributed by atoms with Gasteiger partial charge in [-0.05, 0) is 23.8 Å². The number of aromatic nitrogens is 2. The Morgan fingerprint density at radius 1 is 1.29 bits per heavy atom. The number of imidazole rings is 1. The SMILES string of the molecule is COc1ccccc1C(NC(=O)N(C)Cc1cccc(F)c1)c1nccn1C. The lowest BCUT2D eigenvalue weighted by Crippen LogP contribution is -2.40. The Balaban J connectivity index is 1.85. The van der Waals surface area contributed by atoms with E-state index < -0.39 is 6.04 Å². The Bertz CT molecular complexity index is 957. The third-order valence-corrected chi connectivity index (χ3v) is 4.49. The van der Waals surface area contributed by atoms with Crippen molar-refractivity contribution in [3.8, 4) is 5.75 Å². The maximum Gasteiger partial charge on any atom is 0.318 e. The van der Waals surface area contributed by atoms with E-state index in [0.717, 1.165) is 5.56 Å². The molecule has 0 saturated carbocycles. The van der Waals surface area contributed by atoms with E-state index in [1.165, 1.54) is 17.0 Å². The van der Waals surface area contributed by atoms with Crippen LogP contribution in [-0.4, -0.2) is 34.6 Å². The average molecular weight is 382 g/mol. The zero-order valence-corrected chi connectivity index (χ0v) is 16.1. The van der Waals surface area contributed by atoms with Crippen molar-refractivity contribution in [1.29, 1.82) is 0 Å². The fraction of sp³-hybridized carbons (Fsp3) is 0.238. The van der Waals surface area contributed by atoms with Crippen LogP contribution in [0.5, 0.6) is 5.75 Å². The molecule has 0 aliphatic heterocycles. The molecule has 1 N–H and O–H groups in total. The number of ether oxygens (including phenoxy) is 1. The molecule has 0 spiro atoms. The summed E-state index contributed by atoms with van der Waals surface area (Å²) in [6.45, 7) is 0.281. The van der Waals surface area contributed by atoms with E-state index in [2.05, 4.69) is 10.3 Å². The van der Waals surface area contributed by atoms with Crippen molar-refractivity contribution >= 4 is 6.03 Å². The molecule has 1 atom stereocenters. The number of hydrogen-bond acceptors (Lipinski definition) is 3. The van der Waals surface area contributed by atoms with E-state index in [-0.39, 0.29) is 18.4 Å². The Labute approximate surface area is 163 Å². The maximum atomic E-state index is 13.4. The van der Waals surface area contributed by atoms with Crippen LogP contribution in [0.25, 0.3) is 0 Å². The molecule has 1 unspecified atom stereocenters. The molecular weight excluding hydrogens is 359 g/mol. The average Bonchev–Trinajstić information content (AvgIpc) is 3.11. The minimum Gasteiger partial charge on any atom is -0.496 e. The molecule has 0 saturated heterocycles. The first kappa shape index (κ1) is 19.4. The molecule has 2 amide bonds. The first-order valence-electron chi connectivity index (χ1n) is 8.85. The molecule has 0 bridgehead atoms. The number of nitrogens with zero attached hydrogens (tertiary/aromatic N) is 3. The summed E-state index contributed by atoms with van der Waals surface area (Å²) in [5.41, 5.74) is 1.51. The number of para-hydroxylation sites is 1. The fourth-order valence-electron chi connectivity index (χ4n) is 3.06. The maximum absolute atomic E-state index is 13.4. The number of aryl methyl sites for hydroxylation is 1. The van der Waals surface area contributed by atoms with Gasteiger partial charge in [-0.3, -0.25) is 0 Å². The van der Waals surface area contributed by atoms with Gasteiger partial charge in [-0.1, -0.05) is 30.3 Å². The molecular formula is C21H23FN4O2. The highest BCUT2D eigenvalue weighted by atomic mass is 19.1. The van der Waals surface area contributed by atoms with Gasteiger partial charge in [0.05, 0.1) is 7.11 Å². The van der Waals surface area contributed by atoms with E-state index >= 15 is 0 Å².